The number of aromatic nitrogens is 2. The van der Waals surface area contributed by atoms with E-state index in [2.05, 4.69) is 23.8 Å². The van der Waals surface area contributed by atoms with Crippen molar-refractivity contribution in [1.29, 1.82) is 0 Å². The Morgan fingerprint density at radius 2 is 2.25 bits per heavy atom. The van der Waals surface area contributed by atoms with Gasteiger partial charge in [0.1, 0.15) is 5.82 Å². The number of nitrogens with zero attached hydrogens (tertiary/aromatic N) is 1. The quantitative estimate of drug-likeness (QED) is 0.713. The van der Waals surface area contributed by atoms with Crippen LogP contribution in [0.25, 0.3) is 0 Å². The molecule has 1 aromatic rings. The van der Waals surface area contributed by atoms with Crippen LogP contribution in [-0.2, 0) is 6.42 Å². The number of rotatable bonds is 5. The molecule has 0 aliphatic carbocycles. The maximum atomic E-state index is 4.28. The van der Waals surface area contributed by atoms with Crippen molar-refractivity contribution in [3.05, 3.63) is 12.0 Å². The molecule has 0 aliphatic heterocycles. The second-order valence-corrected chi connectivity index (χ2v) is 3.93. The SMILES string of the molecule is CCCSc1cnc(CCC)[nH]1. The summed E-state index contributed by atoms with van der Waals surface area (Å²) in [6.07, 6.45) is 5.37. The Kier molecular flexibility index (Phi) is 4.22. The van der Waals surface area contributed by atoms with Gasteiger partial charge in [0.25, 0.3) is 0 Å². The lowest BCUT2D eigenvalue weighted by Gasteiger charge is -1.93. The highest BCUT2D eigenvalue weighted by Crippen LogP contribution is 2.15. The van der Waals surface area contributed by atoms with Gasteiger partial charge in [-0.15, -0.1) is 11.8 Å². The molecule has 0 amide bonds. The summed E-state index contributed by atoms with van der Waals surface area (Å²) in [6, 6.07) is 0. The molecular formula is C9H16N2S. The molecular weight excluding hydrogens is 168 g/mol. The van der Waals surface area contributed by atoms with E-state index in [0.717, 1.165) is 18.7 Å². The molecule has 0 saturated heterocycles. The summed E-state index contributed by atoms with van der Waals surface area (Å²) in [7, 11) is 0. The summed E-state index contributed by atoms with van der Waals surface area (Å²) >= 11 is 1.85. The van der Waals surface area contributed by atoms with Gasteiger partial charge in [-0.3, -0.25) is 0 Å². The van der Waals surface area contributed by atoms with E-state index in [-0.39, 0.29) is 0 Å². The summed E-state index contributed by atoms with van der Waals surface area (Å²) in [6.45, 7) is 4.36. The minimum Gasteiger partial charge on any atom is -0.337 e. The van der Waals surface area contributed by atoms with E-state index in [4.69, 9.17) is 0 Å². The van der Waals surface area contributed by atoms with Crippen LogP contribution in [-0.4, -0.2) is 15.7 Å². The minimum absolute atomic E-state index is 1.06. The van der Waals surface area contributed by atoms with E-state index in [0.29, 0.717) is 0 Å². The minimum atomic E-state index is 1.06. The van der Waals surface area contributed by atoms with Gasteiger partial charge in [-0.05, 0) is 18.6 Å². The standard InChI is InChI=1S/C9H16N2S/c1-3-5-8-10-7-9(11-8)12-6-4-2/h7H,3-6H2,1-2H3,(H,10,11). The molecule has 1 aromatic heterocycles. The predicted molar refractivity (Wildman–Crippen MR) is 53.6 cm³/mol. The molecule has 0 aliphatic rings. The van der Waals surface area contributed by atoms with Gasteiger partial charge in [0.05, 0.1) is 11.2 Å². The third kappa shape index (κ3) is 2.89. The normalized spacial score (nSPS) is 10.5. The fourth-order valence-corrected chi connectivity index (χ4v) is 1.73. The van der Waals surface area contributed by atoms with Gasteiger partial charge in [0.15, 0.2) is 0 Å². The summed E-state index contributed by atoms with van der Waals surface area (Å²) in [5, 5.41) is 1.21. The van der Waals surface area contributed by atoms with Gasteiger partial charge in [0, 0.05) is 6.42 Å². The zero-order valence-corrected chi connectivity index (χ0v) is 8.58. The Hall–Kier alpha value is -0.440. The average molecular weight is 184 g/mol. The van der Waals surface area contributed by atoms with E-state index >= 15 is 0 Å². The van der Waals surface area contributed by atoms with Crippen LogP contribution in [0.4, 0.5) is 0 Å². The Labute approximate surface area is 78.2 Å². The Morgan fingerprint density at radius 1 is 1.42 bits per heavy atom. The maximum absolute atomic E-state index is 4.28. The van der Waals surface area contributed by atoms with E-state index < -0.39 is 0 Å². The number of thioether (sulfide) groups is 1. The molecule has 0 atom stereocenters. The Morgan fingerprint density at radius 3 is 2.92 bits per heavy atom. The van der Waals surface area contributed by atoms with Crippen LogP contribution in [0.1, 0.15) is 32.5 Å². The lowest BCUT2D eigenvalue weighted by molar-refractivity contribution is 0.849. The number of imidazole rings is 1. The highest BCUT2D eigenvalue weighted by molar-refractivity contribution is 7.99. The summed E-state index contributed by atoms with van der Waals surface area (Å²) in [5.41, 5.74) is 0. The molecule has 0 fully saturated rings. The monoisotopic (exact) mass is 184 g/mol. The second kappa shape index (κ2) is 5.25. The molecule has 12 heavy (non-hydrogen) atoms. The number of H-pyrrole nitrogens is 1. The zero-order valence-electron chi connectivity index (χ0n) is 7.76. The van der Waals surface area contributed by atoms with Crippen molar-refractivity contribution in [2.45, 2.75) is 38.1 Å². The van der Waals surface area contributed by atoms with Gasteiger partial charge >= 0.3 is 0 Å². The average Bonchev–Trinajstić information content (AvgIpc) is 2.50. The predicted octanol–water partition coefficient (Wildman–Crippen LogP) is 2.86. The molecule has 0 spiro atoms. The van der Waals surface area contributed by atoms with Gasteiger partial charge in [-0.1, -0.05) is 13.8 Å². The molecule has 0 bridgehead atoms. The fraction of sp³-hybridized carbons (Fsp3) is 0.667. The van der Waals surface area contributed by atoms with Crippen LogP contribution in [0.5, 0.6) is 0 Å². The number of aromatic amines is 1. The third-order valence-corrected chi connectivity index (χ3v) is 2.68. The molecule has 0 radical (unpaired) electrons. The maximum Gasteiger partial charge on any atom is 0.106 e. The highest BCUT2D eigenvalue weighted by Gasteiger charge is 1.98. The van der Waals surface area contributed by atoms with Gasteiger partial charge in [-0.2, -0.15) is 0 Å². The van der Waals surface area contributed by atoms with E-state index in [1.807, 2.05) is 18.0 Å². The largest absolute Gasteiger partial charge is 0.337 e. The highest BCUT2D eigenvalue weighted by atomic mass is 32.2. The van der Waals surface area contributed by atoms with Crippen molar-refractivity contribution in [3.8, 4) is 0 Å². The van der Waals surface area contributed by atoms with Crippen molar-refractivity contribution in [2.75, 3.05) is 5.75 Å². The van der Waals surface area contributed by atoms with Crippen molar-refractivity contribution < 1.29 is 0 Å². The third-order valence-electron chi connectivity index (χ3n) is 1.55. The first-order chi connectivity index (χ1) is 5.86. The van der Waals surface area contributed by atoms with E-state index in [1.165, 1.54) is 17.2 Å². The number of nitrogens with one attached hydrogen (secondary N) is 1. The number of hydrogen-bond donors (Lipinski definition) is 1. The molecule has 0 aromatic carbocycles. The second-order valence-electron chi connectivity index (χ2n) is 2.79. The summed E-state index contributed by atoms with van der Waals surface area (Å²) in [4.78, 5) is 7.58. The van der Waals surface area contributed by atoms with Crippen LogP contribution < -0.4 is 0 Å². The zero-order chi connectivity index (χ0) is 8.81. The Balaban J connectivity index is 2.41. The summed E-state index contributed by atoms with van der Waals surface area (Å²) < 4.78 is 0. The number of hydrogen-bond acceptors (Lipinski definition) is 2. The topological polar surface area (TPSA) is 28.7 Å². The fourth-order valence-electron chi connectivity index (χ4n) is 0.993. The molecule has 1 rings (SSSR count). The van der Waals surface area contributed by atoms with Crippen molar-refractivity contribution in [2.24, 2.45) is 0 Å². The first kappa shape index (κ1) is 9.65. The van der Waals surface area contributed by atoms with Gasteiger partial charge in [-0.25, -0.2) is 4.98 Å². The Bertz CT molecular complexity index is 220. The van der Waals surface area contributed by atoms with Crippen LogP contribution >= 0.6 is 11.8 Å². The molecule has 0 unspecified atom stereocenters. The molecule has 68 valence electrons. The van der Waals surface area contributed by atoms with Crippen molar-refractivity contribution in [1.82, 2.24) is 9.97 Å². The summed E-state index contributed by atoms with van der Waals surface area (Å²) in [5.74, 6) is 2.30. The molecule has 3 heteroatoms. The lowest BCUT2D eigenvalue weighted by atomic mass is 10.3. The van der Waals surface area contributed by atoms with Gasteiger partial charge in [0.2, 0.25) is 0 Å². The van der Waals surface area contributed by atoms with Crippen LogP contribution in [0.3, 0.4) is 0 Å². The smallest absolute Gasteiger partial charge is 0.106 e. The van der Waals surface area contributed by atoms with Gasteiger partial charge < -0.3 is 4.98 Å². The van der Waals surface area contributed by atoms with E-state index in [1.54, 1.807) is 0 Å². The van der Waals surface area contributed by atoms with Crippen LogP contribution in [0.15, 0.2) is 11.2 Å². The van der Waals surface area contributed by atoms with Crippen LogP contribution in [0, 0.1) is 0 Å². The van der Waals surface area contributed by atoms with Crippen LogP contribution in [0.2, 0.25) is 0 Å². The van der Waals surface area contributed by atoms with Crippen molar-refractivity contribution >= 4 is 11.8 Å². The number of aryl methyl sites for hydroxylation is 1. The first-order valence-electron chi connectivity index (χ1n) is 4.53. The molecule has 1 heterocycles. The van der Waals surface area contributed by atoms with Crippen molar-refractivity contribution in [3.63, 3.8) is 0 Å². The molecule has 0 saturated carbocycles. The molecule has 1 N–H and O–H groups in total. The van der Waals surface area contributed by atoms with E-state index in [9.17, 15) is 0 Å². The molecule has 2 nitrogen and oxygen atoms in total. The lowest BCUT2D eigenvalue weighted by Crippen LogP contribution is -1.84. The first-order valence-corrected chi connectivity index (χ1v) is 5.52.